The molecule has 114 valence electrons. The fourth-order valence-corrected chi connectivity index (χ4v) is 3.54. The molecule has 1 aliphatic heterocycles. The van der Waals surface area contributed by atoms with E-state index in [9.17, 15) is 4.79 Å². The van der Waals surface area contributed by atoms with Crippen molar-refractivity contribution in [3.8, 4) is 0 Å². The van der Waals surface area contributed by atoms with Gasteiger partial charge in [-0.2, -0.15) is 0 Å². The van der Waals surface area contributed by atoms with Crippen LogP contribution < -0.4 is 10.6 Å². The van der Waals surface area contributed by atoms with Crippen LogP contribution in [-0.4, -0.2) is 25.0 Å². The van der Waals surface area contributed by atoms with E-state index in [1.54, 1.807) is 0 Å². The minimum atomic E-state index is -0.207. The number of amides is 1. The number of halogens is 1. The molecule has 1 aromatic carbocycles. The van der Waals surface area contributed by atoms with Crippen molar-refractivity contribution in [3.63, 3.8) is 0 Å². The Kier molecular flexibility index (Phi) is 4.23. The summed E-state index contributed by atoms with van der Waals surface area (Å²) in [4.78, 5) is 12.7. The van der Waals surface area contributed by atoms with Crippen molar-refractivity contribution in [2.75, 3.05) is 13.1 Å². The van der Waals surface area contributed by atoms with Crippen LogP contribution in [-0.2, 0) is 11.2 Å². The van der Waals surface area contributed by atoms with Gasteiger partial charge in [0.25, 0.3) is 0 Å². The third kappa shape index (κ3) is 3.09. The molecule has 1 aromatic rings. The fourth-order valence-electron chi connectivity index (χ4n) is 3.34. The first-order valence-electron chi connectivity index (χ1n) is 7.86. The molecule has 21 heavy (non-hydrogen) atoms. The molecule has 1 unspecified atom stereocenters. The zero-order chi connectivity index (χ0) is 14.9. The SMILES string of the molecule is Cc1ccc(CC2(C(=O)NC3CCNC3)CCC2)cc1Cl. The first kappa shape index (κ1) is 14.9. The maximum Gasteiger partial charge on any atom is 0.226 e. The van der Waals surface area contributed by atoms with Crippen molar-refractivity contribution in [2.45, 2.75) is 45.1 Å². The Labute approximate surface area is 131 Å². The third-order valence-electron chi connectivity index (χ3n) is 4.97. The van der Waals surface area contributed by atoms with E-state index in [0.717, 1.165) is 55.8 Å². The van der Waals surface area contributed by atoms with Crippen LogP contribution >= 0.6 is 11.6 Å². The predicted molar refractivity (Wildman–Crippen MR) is 85.6 cm³/mol. The summed E-state index contributed by atoms with van der Waals surface area (Å²) in [5.41, 5.74) is 2.05. The molecule has 2 fully saturated rings. The largest absolute Gasteiger partial charge is 0.352 e. The summed E-state index contributed by atoms with van der Waals surface area (Å²) in [6, 6.07) is 6.46. The molecular weight excluding hydrogens is 284 g/mol. The Morgan fingerprint density at radius 2 is 2.29 bits per heavy atom. The lowest BCUT2D eigenvalue weighted by Crippen LogP contribution is -2.50. The van der Waals surface area contributed by atoms with Gasteiger partial charge in [0, 0.05) is 17.6 Å². The minimum absolute atomic E-state index is 0.207. The molecule has 1 amide bonds. The smallest absolute Gasteiger partial charge is 0.226 e. The number of nitrogens with one attached hydrogen (secondary N) is 2. The van der Waals surface area contributed by atoms with Gasteiger partial charge in [0.1, 0.15) is 0 Å². The van der Waals surface area contributed by atoms with Gasteiger partial charge in [-0.3, -0.25) is 4.79 Å². The average Bonchev–Trinajstić information content (AvgIpc) is 2.90. The summed E-state index contributed by atoms with van der Waals surface area (Å²) in [5, 5.41) is 7.32. The molecule has 0 spiro atoms. The lowest BCUT2D eigenvalue weighted by Gasteiger charge is -2.41. The fraction of sp³-hybridized carbons (Fsp3) is 0.588. The average molecular weight is 307 g/mol. The molecule has 1 saturated heterocycles. The van der Waals surface area contributed by atoms with Gasteiger partial charge in [0.05, 0.1) is 5.41 Å². The molecule has 0 radical (unpaired) electrons. The molecule has 1 atom stereocenters. The number of hydrogen-bond acceptors (Lipinski definition) is 2. The van der Waals surface area contributed by atoms with E-state index in [2.05, 4.69) is 16.7 Å². The topological polar surface area (TPSA) is 41.1 Å². The second-order valence-corrected chi connectivity index (χ2v) is 6.96. The van der Waals surface area contributed by atoms with Crippen molar-refractivity contribution in [2.24, 2.45) is 5.41 Å². The molecule has 1 saturated carbocycles. The minimum Gasteiger partial charge on any atom is -0.352 e. The van der Waals surface area contributed by atoms with Gasteiger partial charge in [0.2, 0.25) is 5.91 Å². The number of carbonyl (C=O) groups excluding carboxylic acids is 1. The zero-order valence-corrected chi connectivity index (χ0v) is 13.3. The summed E-state index contributed by atoms with van der Waals surface area (Å²) in [6.45, 7) is 3.91. The van der Waals surface area contributed by atoms with Gasteiger partial charge < -0.3 is 10.6 Å². The predicted octanol–water partition coefficient (Wildman–Crippen LogP) is 2.84. The summed E-state index contributed by atoms with van der Waals surface area (Å²) in [5.74, 6) is 0.235. The summed E-state index contributed by atoms with van der Waals surface area (Å²) in [7, 11) is 0. The van der Waals surface area contributed by atoms with Gasteiger partial charge in [-0.1, -0.05) is 30.2 Å². The van der Waals surface area contributed by atoms with Crippen LogP contribution in [0.4, 0.5) is 0 Å². The van der Waals surface area contributed by atoms with E-state index >= 15 is 0 Å². The first-order chi connectivity index (χ1) is 10.1. The van der Waals surface area contributed by atoms with Crippen LogP contribution in [0.5, 0.6) is 0 Å². The van der Waals surface area contributed by atoms with Crippen LogP contribution in [0.25, 0.3) is 0 Å². The third-order valence-corrected chi connectivity index (χ3v) is 5.37. The maximum atomic E-state index is 12.7. The highest BCUT2D eigenvalue weighted by Gasteiger charge is 2.44. The van der Waals surface area contributed by atoms with E-state index in [4.69, 9.17) is 11.6 Å². The van der Waals surface area contributed by atoms with Crippen molar-refractivity contribution >= 4 is 17.5 Å². The molecule has 1 heterocycles. The quantitative estimate of drug-likeness (QED) is 0.898. The van der Waals surface area contributed by atoms with Crippen molar-refractivity contribution < 1.29 is 4.79 Å². The monoisotopic (exact) mass is 306 g/mol. The standard InChI is InChI=1S/C17H23ClN2O/c1-12-3-4-13(9-15(12)18)10-17(6-2-7-17)16(21)20-14-5-8-19-11-14/h3-4,9,14,19H,2,5-8,10-11H2,1H3,(H,20,21). The second-order valence-electron chi connectivity index (χ2n) is 6.56. The van der Waals surface area contributed by atoms with Gasteiger partial charge in [-0.15, -0.1) is 0 Å². The molecule has 1 aliphatic carbocycles. The molecule has 2 N–H and O–H groups in total. The molecular formula is C17H23ClN2O. The Bertz CT molecular complexity index is 534. The van der Waals surface area contributed by atoms with E-state index in [0.29, 0.717) is 6.04 Å². The molecule has 0 bridgehead atoms. The zero-order valence-electron chi connectivity index (χ0n) is 12.5. The van der Waals surface area contributed by atoms with Crippen molar-refractivity contribution in [1.82, 2.24) is 10.6 Å². The Morgan fingerprint density at radius 3 is 2.86 bits per heavy atom. The van der Waals surface area contributed by atoms with Gasteiger partial charge >= 0.3 is 0 Å². The molecule has 3 rings (SSSR count). The van der Waals surface area contributed by atoms with Crippen LogP contribution in [0.2, 0.25) is 5.02 Å². The molecule has 3 nitrogen and oxygen atoms in total. The summed E-state index contributed by atoms with van der Waals surface area (Å²) < 4.78 is 0. The summed E-state index contributed by atoms with van der Waals surface area (Å²) >= 11 is 6.21. The van der Waals surface area contributed by atoms with Gasteiger partial charge in [-0.05, 0) is 56.3 Å². The van der Waals surface area contributed by atoms with Crippen molar-refractivity contribution in [3.05, 3.63) is 34.3 Å². The lowest BCUT2D eigenvalue weighted by atomic mass is 9.64. The van der Waals surface area contributed by atoms with E-state index in [-0.39, 0.29) is 11.3 Å². The normalized spacial score (nSPS) is 23.6. The Balaban J connectivity index is 1.70. The first-order valence-corrected chi connectivity index (χ1v) is 8.24. The maximum absolute atomic E-state index is 12.7. The van der Waals surface area contributed by atoms with Crippen LogP contribution in [0, 0.1) is 12.3 Å². The number of benzene rings is 1. The van der Waals surface area contributed by atoms with E-state index in [1.165, 1.54) is 5.56 Å². The van der Waals surface area contributed by atoms with E-state index < -0.39 is 0 Å². The highest BCUT2D eigenvalue weighted by Crippen LogP contribution is 2.44. The van der Waals surface area contributed by atoms with Gasteiger partial charge in [0.15, 0.2) is 0 Å². The number of rotatable bonds is 4. The number of aryl methyl sites for hydroxylation is 1. The van der Waals surface area contributed by atoms with Crippen molar-refractivity contribution in [1.29, 1.82) is 0 Å². The molecule has 4 heteroatoms. The van der Waals surface area contributed by atoms with E-state index in [1.807, 2.05) is 19.1 Å². The molecule has 2 aliphatic rings. The van der Waals surface area contributed by atoms with Gasteiger partial charge in [-0.25, -0.2) is 0 Å². The highest BCUT2D eigenvalue weighted by atomic mass is 35.5. The van der Waals surface area contributed by atoms with Crippen LogP contribution in [0.15, 0.2) is 18.2 Å². The van der Waals surface area contributed by atoms with Crippen LogP contribution in [0.3, 0.4) is 0 Å². The Morgan fingerprint density at radius 1 is 1.48 bits per heavy atom. The van der Waals surface area contributed by atoms with Crippen LogP contribution in [0.1, 0.15) is 36.8 Å². The molecule has 0 aromatic heterocycles. The lowest BCUT2D eigenvalue weighted by molar-refractivity contribution is -0.136. The Hall–Kier alpha value is -1.06. The second kappa shape index (κ2) is 5.98. The number of hydrogen-bond donors (Lipinski definition) is 2. The number of carbonyl (C=O) groups is 1. The summed E-state index contributed by atoms with van der Waals surface area (Å²) in [6.07, 6.45) is 4.97. The highest BCUT2D eigenvalue weighted by molar-refractivity contribution is 6.31.